The molecule has 1 aromatic carbocycles. The predicted molar refractivity (Wildman–Crippen MR) is 110 cm³/mol. The minimum atomic E-state index is 0.354. The van der Waals surface area contributed by atoms with Crippen LogP contribution in [0.5, 0.6) is 5.75 Å². The van der Waals surface area contributed by atoms with Crippen LogP contribution in [0.3, 0.4) is 0 Å². The molecule has 0 radical (unpaired) electrons. The Bertz CT molecular complexity index is 1000. The van der Waals surface area contributed by atoms with Crippen LogP contribution < -0.4 is 15.4 Å². The Balaban J connectivity index is 1.57. The molecule has 2 aromatic heterocycles. The number of anilines is 1. The van der Waals surface area contributed by atoms with Crippen LogP contribution in [0, 0.1) is 6.92 Å². The molecule has 28 heavy (non-hydrogen) atoms. The van der Waals surface area contributed by atoms with Gasteiger partial charge in [-0.05, 0) is 43.2 Å². The van der Waals surface area contributed by atoms with Crippen LogP contribution in [-0.4, -0.2) is 64.4 Å². The topological polar surface area (TPSA) is 66.7 Å². The zero-order valence-electron chi connectivity index (χ0n) is 16.4. The smallest absolute Gasteiger partial charge is 0.165 e. The van der Waals surface area contributed by atoms with Crippen molar-refractivity contribution in [3.63, 3.8) is 0 Å². The summed E-state index contributed by atoms with van der Waals surface area (Å²) in [5.41, 5.74) is 4.18. The molecule has 2 atom stereocenters. The van der Waals surface area contributed by atoms with Gasteiger partial charge < -0.3 is 15.4 Å². The van der Waals surface area contributed by atoms with E-state index in [0.29, 0.717) is 18.7 Å². The fourth-order valence-corrected chi connectivity index (χ4v) is 4.13. The lowest BCUT2D eigenvalue weighted by atomic mass is 10.0. The van der Waals surface area contributed by atoms with Crippen molar-refractivity contribution in [1.82, 2.24) is 24.8 Å². The third kappa shape index (κ3) is 3.21. The van der Waals surface area contributed by atoms with E-state index in [1.54, 1.807) is 0 Å². The lowest BCUT2D eigenvalue weighted by molar-refractivity contribution is 0.0966. The molecule has 0 aliphatic carbocycles. The average molecular weight is 378 g/mol. The van der Waals surface area contributed by atoms with Crippen LogP contribution in [-0.2, 0) is 0 Å². The molecule has 1 saturated heterocycles. The van der Waals surface area contributed by atoms with Gasteiger partial charge >= 0.3 is 0 Å². The van der Waals surface area contributed by atoms with Gasteiger partial charge in [-0.15, -0.1) is 0 Å². The van der Waals surface area contributed by atoms with Crippen molar-refractivity contribution in [2.24, 2.45) is 0 Å². The summed E-state index contributed by atoms with van der Waals surface area (Å²) >= 11 is 0. The van der Waals surface area contributed by atoms with E-state index in [1.807, 2.05) is 23.0 Å². The SMILES string of the molecule is Cc1ccc2cc1-c1cnn3ccc(nc13)NCCN1C[C@@H](C)NC[C@H]1CO2. The third-order valence-corrected chi connectivity index (χ3v) is 5.74. The molecule has 5 rings (SSSR count). The molecule has 4 bridgehead atoms. The van der Waals surface area contributed by atoms with Crippen molar-refractivity contribution in [3.8, 4) is 16.9 Å². The molecule has 2 N–H and O–H groups in total. The summed E-state index contributed by atoms with van der Waals surface area (Å²) in [5, 5.41) is 11.5. The number of nitrogens with one attached hydrogen (secondary N) is 2. The lowest BCUT2D eigenvalue weighted by Crippen LogP contribution is -2.58. The molecule has 2 aliphatic rings. The van der Waals surface area contributed by atoms with Crippen molar-refractivity contribution in [3.05, 3.63) is 42.2 Å². The lowest BCUT2D eigenvalue weighted by Gasteiger charge is -2.39. The molecule has 7 heteroatoms. The van der Waals surface area contributed by atoms with Gasteiger partial charge in [0.1, 0.15) is 18.2 Å². The van der Waals surface area contributed by atoms with E-state index < -0.39 is 0 Å². The summed E-state index contributed by atoms with van der Waals surface area (Å²) in [6.45, 7) is 8.79. The van der Waals surface area contributed by atoms with E-state index in [0.717, 1.165) is 54.5 Å². The summed E-state index contributed by atoms with van der Waals surface area (Å²) in [5.74, 6) is 1.78. The third-order valence-electron chi connectivity index (χ3n) is 5.74. The van der Waals surface area contributed by atoms with E-state index in [4.69, 9.17) is 9.72 Å². The molecule has 0 spiro atoms. The first-order chi connectivity index (χ1) is 13.7. The molecule has 0 saturated carbocycles. The first kappa shape index (κ1) is 17.5. The first-order valence-electron chi connectivity index (χ1n) is 9.97. The fraction of sp³-hybridized carbons (Fsp3) is 0.429. The normalized spacial score (nSPS) is 22.9. The molecule has 1 fully saturated rings. The van der Waals surface area contributed by atoms with E-state index in [9.17, 15) is 0 Å². The summed E-state index contributed by atoms with van der Waals surface area (Å²) < 4.78 is 8.06. The van der Waals surface area contributed by atoms with Crippen LogP contribution in [0.2, 0.25) is 0 Å². The number of fused-ring (bicyclic) bond motifs is 5. The van der Waals surface area contributed by atoms with Crippen LogP contribution >= 0.6 is 0 Å². The number of hydrogen-bond acceptors (Lipinski definition) is 6. The molecule has 146 valence electrons. The molecule has 3 aromatic rings. The maximum Gasteiger partial charge on any atom is 0.165 e. The van der Waals surface area contributed by atoms with Gasteiger partial charge in [0.2, 0.25) is 0 Å². The summed E-state index contributed by atoms with van der Waals surface area (Å²) in [6, 6.07) is 9.11. The molecule has 0 amide bonds. The first-order valence-corrected chi connectivity index (χ1v) is 9.97. The second-order valence-corrected chi connectivity index (χ2v) is 7.81. The minimum Gasteiger partial charge on any atom is -0.492 e. The van der Waals surface area contributed by atoms with Gasteiger partial charge in [0, 0.05) is 44.0 Å². The van der Waals surface area contributed by atoms with Crippen molar-refractivity contribution >= 4 is 11.5 Å². The highest BCUT2D eigenvalue weighted by Crippen LogP contribution is 2.31. The van der Waals surface area contributed by atoms with Crippen molar-refractivity contribution in [2.75, 3.05) is 38.1 Å². The van der Waals surface area contributed by atoms with Crippen LogP contribution in [0.15, 0.2) is 36.7 Å². The second kappa shape index (κ2) is 7.07. The van der Waals surface area contributed by atoms with Gasteiger partial charge in [-0.25, -0.2) is 9.50 Å². The standard InChI is InChI=1S/C21H26N6O/c1-14-3-4-17-9-18(14)19-11-24-27-7-5-20(25-21(19)27)22-6-8-26-12-15(2)23-10-16(26)13-28-17/h3-5,7,9,11,15-16,23H,6,8,10,12-13H2,1-2H3,(H,22,25)/t15-,16+/m1/s1. The molecular formula is C21H26N6O. The van der Waals surface area contributed by atoms with Crippen molar-refractivity contribution in [2.45, 2.75) is 25.9 Å². The zero-order chi connectivity index (χ0) is 19.1. The highest BCUT2D eigenvalue weighted by atomic mass is 16.5. The molecule has 0 unspecified atom stereocenters. The highest BCUT2D eigenvalue weighted by Gasteiger charge is 2.26. The minimum absolute atomic E-state index is 0.354. The number of benzene rings is 1. The van der Waals surface area contributed by atoms with Gasteiger partial charge in [-0.2, -0.15) is 5.10 Å². The summed E-state index contributed by atoms with van der Waals surface area (Å²) in [7, 11) is 0. The number of aryl methyl sites for hydroxylation is 1. The van der Waals surface area contributed by atoms with Crippen molar-refractivity contribution < 1.29 is 4.74 Å². The van der Waals surface area contributed by atoms with Crippen LogP contribution in [0.1, 0.15) is 12.5 Å². The number of piperazine rings is 1. The Labute approximate surface area is 164 Å². The molecule has 7 nitrogen and oxygen atoms in total. The summed E-state index contributed by atoms with van der Waals surface area (Å²) in [6.07, 6.45) is 3.85. The van der Waals surface area contributed by atoms with Crippen LogP contribution in [0.25, 0.3) is 16.8 Å². The maximum absolute atomic E-state index is 6.23. The van der Waals surface area contributed by atoms with E-state index in [-0.39, 0.29) is 0 Å². The predicted octanol–water partition coefficient (Wildman–Crippen LogP) is 2.17. The van der Waals surface area contributed by atoms with Gasteiger partial charge in [-0.1, -0.05) is 6.07 Å². The largest absolute Gasteiger partial charge is 0.492 e. The maximum atomic E-state index is 6.23. The Morgan fingerprint density at radius 3 is 3.07 bits per heavy atom. The van der Waals surface area contributed by atoms with E-state index in [2.05, 4.69) is 52.7 Å². The number of nitrogens with zero attached hydrogens (tertiary/aromatic N) is 4. The quantitative estimate of drug-likeness (QED) is 0.625. The molecule has 4 heterocycles. The Morgan fingerprint density at radius 1 is 1.21 bits per heavy atom. The van der Waals surface area contributed by atoms with E-state index in [1.165, 1.54) is 5.56 Å². The van der Waals surface area contributed by atoms with Gasteiger partial charge in [0.25, 0.3) is 0 Å². The fourth-order valence-electron chi connectivity index (χ4n) is 4.13. The van der Waals surface area contributed by atoms with Gasteiger partial charge in [0.15, 0.2) is 5.65 Å². The second-order valence-electron chi connectivity index (χ2n) is 7.81. The van der Waals surface area contributed by atoms with Gasteiger partial charge in [-0.3, -0.25) is 4.90 Å². The average Bonchev–Trinajstić information content (AvgIpc) is 3.11. The number of aromatic nitrogens is 3. The number of rotatable bonds is 0. The molecular weight excluding hydrogens is 352 g/mol. The monoisotopic (exact) mass is 378 g/mol. The van der Waals surface area contributed by atoms with E-state index >= 15 is 0 Å². The Kier molecular flexibility index (Phi) is 4.41. The Morgan fingerprint density at radius 2 is 2.14 bits per heavy atom. The zero-order valence-corrected chi connectivity index (χ0v) is 16.4. The summed E-state index contributed by atoms with van der Waals surface area (Å²) in [4.78, 5) is 7.35. The van der Waals surface area contributed by atoms with Crippen molar-refractivity contribution in [1.29, 1.82) is 0 Å². The van der Waals surface area contributed by atoms with Gasteiger partial charge in [0.05, 0.1) is 12.2 Å². The highest BCUT2D eigenvalue weighted by molar-refractivity contribution is 5.80. The Hall–Kier alpha value is -2.64. The number of hydrogen-bond donors (Lipinski definition) is 2. The number of ether oxygens (including phenoxy) is 1. The molecule has 2 aliphatic heterocycles. The van der Waals surface area contributed by atoms with Crippen LogP contribution in [0.4, 0.5) is 5.82 Å².